The molecule has 0 saturated carbocycles. The Balaban J connectivity index is 1.46. The number of benzene rings is 2. The monoisotopic (exact) mass is 465 g/mol. The van der Waals surface area contributed by atoms with E-state index in [1.54, 1.807) is 35.2 Å². The molecule has 2 aliphatic rings. The van der Waals surface area contributed by atoms with Crippen LogP contribution in [0.25, 0.3) is 0 Å². The minimum Gasteiger partial charge on any atom is -0.336 e. The van der Waals surface area contributed by atoms with Gasteiger partial charge < -0.3 is 10.2 Å². The number of nitrogens with one attached hydrogen (secondary N) is 1. The van der Waals surface area contributed by atoms with E-state index in [0.717, 1.165) is 4.90 Å². The number of carbonyl (C=O) groups is 2. The second-order valence-corrected chi connectivity index (χ2v) is 10.8. The van der Waals surface area contributed by atoms with E-state index in [1.165, 1.54) is 22.1 Å². The molecule has 2 aromatic carbocycles. The fourth-order valence-corrected chi connectivity index (χ4v) is 6.29. The predicted octanol–water partition coefficient (Wildman–Crippen LogP) is 2.92. The molecule has 0 bridgehead atoms. The van der Waals surface area contributed by atoms with Crippen LogP contribution < -0.4 is 5.32 Å². The zero-order valence-corrected chi connectivity index (χ0v) is 18.6. The molecule has 0 aromatic heterocycles. The summed E-state index contributed by atoms with van der Waals surface area (Å²) in [7, 11) is -3.72. The lowest BCUT2D eigenvalue weighted by Crippen LogP contribution is -2.50. The minimum atomic E-state index is -3.72. The Morgan fingerprint density at radius 1 is 1.13 bits per heavy atom. The number of carbonyl (C=O) groups excluding carboxylic acids is 2. The summed E-state index contributed by atoms with van der Waals surface area (Å²) in [6.45, 7) is 2.76. The van der Waals surface area contributed by atoms with E-state index < -0.39 is 10.0 Å². The van der Waals surface area contributed by atoms with Crippen LogP contribution in [0.2, 0.25) is 5.02 Å². The third kappa shape index (κ3) is 3.94. The van der Waals surface area contributed by atoms with Crippen LogP contribution in [-0.4, -0.2) is 60.9 Å². The quantitative estimate of drug-likeness (QED) is 0.753. The van der Waals surface area contributed by atoms with Crippen molar-refractivity contribution in [3.8, 4) is 0 Å². The first-order valence-corrected chi connectivity index (χ1v) is 12.1. The van der Waals surface area contributed by atoms with Crippen molar-refractivity contribution in [3.05, 3.63) is 53.1 Å². The third-order valence-corrected chi connectivity index (χ3v) is 8.71. The van der Waals surface area contributed by atoms with Crippen molar-refractivity contribution in [2.75, 3.05) is 31.5 Å². The molecule has 1 fully saturated rings. The molecule has 2 heterocycles. The number of fused-ring (bicyclic) bond motifs is 1. The lowest BCUT2D eigenvalue weighted by molar-refractivity contribution is -0.115. The highest BCUT2D eigenvalue weighted by molar-refractivity contribution is 8.01. The van der Waals surface area contributed by atoms with Gasteiger partial charge in [0, 0.05) is 36.6 Å². The van der Waals surface area contributed by atoms with E-state index in [2.05, 4.69) is 5.32 Å². The fourth-order valence-electron chi connectivity index (χ4n) is 3.45. The van der Waals surface area contributed by atoms with Crippen LogP contribution in [0.15, 0.2) is 52.3 Å². The molecule has 10 heteroatoms. The number of amides is 2. The van der Waals surface area contributed by atoms with E-state index in [-0.39, 0.29) is 53.2 Å². The van der Waals surface area contributed by atoms with Gasteiger partial charge in [-0.15, -0.1) is 11.8 Å². The Morgan fingerprint density at radius 2 is 1.83 bits per heavy atom. The Kier molecular flexibility index (Phi) is 5.80. The number of halogens is 1. The molecule has 30 heavy (non-hydrogen) atoms. The largest absolute Gasteiger partial charge is 0.336 e. The number of anilines is 1. The van der Waals surface area contributed by atoms with Crippen molar-refractivity contribution in [3.63, 3.8) is 0 Å². The Morgan fingerprint density at radius 3 is 2.53 bits per heavy atom. The lowest BCUT2D eigenvalue weighted by atomic mass is 10.1. The summed E-state index contributed by atoms with van der Waals surface area (Å²) < 4.78 is 27.1. The van der Waals surface area contributed by atoms with Crippen LogP contribution >= 0.6 is 23.4 Å². The fraction of sp³-hybridized carbons (Fsp3) is 0.300. The maximum atomic E-state index is 12.9. The summed E-state index contributed by atoms with van der Waals surface area (Å²) >= 11 is 7.52. The van der Waals surface area contributed by atoms with Crippen LogP contribution in [-0.2, 0) is 14.8 Å². The van der Waals surface area contributed by atoms with Gasteiger partial charge in [-0.2, -0.15) is 4.31 Å². The minimum absolute atomic E-state index is 0.0728. The van der Waals surface area contributed by atoms with E-state index in [0.29, 0.717) is 11.3 Å². The van der Waals surface area contributed by atoms with Crippen molar-refractivity contribution >= 4 is 50.9 Å². The Labute approximate surface area is 184 Å². The van der Waals surface area contributed by atoms with Gasteiger partial charge in [0.15, 0.2) is 0 Å². The molecule has 4 rings (SSSR count). The number of nitrogens with zero attached hydrogens (tertiary/aromatic N) is 2. The summed E-state index contributed by atoms with van der Waals surface area (Å²) in [5.41, 5.74) is 1.10. The normalized spacial score (nSPS) is 19.9. The highest BCUT2D eigenvalue weighted by Gasteiger charge is 2.32. The van der Waals surface area contributed by atoms with E-state index in [1.807, 2.05) is 13.0 Å². The standard InChI is InChI=1S/C20H20ClN3O4S2/c1-13-19(25)22-16-12-14(6-7-17(16)29-13)20(26)23-8-10-24(11-9-23)30(27,28)18-5-3-2-4-15(18)21/h2-7,12-13H,8-11H2,1H3,(H,22,25)/t13-/m1/s1. The molecule has 1 atom stereocenters. The van der Waals surface area contributed by atoms with Crippen molar-refractivity contribution < 1.29 is 18.0 Å². The first kappa shape index (κ1) is 21.2. The maximum absolute atomic E-state index is 12.9. The van der Waals surface area contributed by atoms with Gasteiger partial charge in [-0.05, 0) is 37.3 Å². The van der Waals surface area contributed by atoms with Crippen molar-refractivity contribution in [2.45, 2.75) is 22.0 Å². The van der Waals surface area contributed by atoms with Gasteiger partial charge in [0.2, 0.25) is 15.9 Å². The second-order valence-electron chi connectivity index (χ2n) is 7.09. The summed E-state index contributed by atoms with van der Waals surface area (Å²) in [5.74, 6) is -0.277. The van der Waals surface area contributed by atoms with E-state index in [4.69, 9.17) is 11.6 Å². The zero-order chi connectivity index (χ0) is 21.5. The lowest BCUT2D eigenvalue weighted by Gasteiger charge is -2.34. The van der Waals surface area contributed by atoms with Crippen molar-refractivity contribution in [2.24, 2.45) is 0 Å². The first-order chi connectivity index (χ1) is 14.3. The molecule has 0 spiro atoms. The number of thioether (sulfide) groups is 1. The molecule has 2 aliphatic heterocycles. The van der Waals surface area contributed by atoms with Gasteiger partial charge in [0.05, 0.1) is 16.0 Å². The van der Waals surface area contributed by atoms with Crippen LogP contribution in [0.5, 0.6) is 0 Å². The molecule has 7 nitrogen and oxygen atoms in total. The third-order valence-electron chi connectivity index (χ3n) is 5.14. The van der Waals surface area contributed by atoms with Gasteiger partial charge in [-0.25, -0.2) is 8.42 Å². The maximum Gasteiger partial charge on any atom is 0.254 e. The molecule has 2 amide bonds. The number of rotatable bonds is 3. The number of hydrogen-bond acceptors (Lipinski definition) is 5. The SMILES string of the molecule is C[C@H]1Sc2ccc(C(=O)N3CCN(S(=O)(=O)c4ccccc4Cl)CC3)cc2NC1=O. The number of piperazine rings is 1. The predicted molar refractivity (Wildman–Crippen MR) is 117 cm³/mol. The molecule has 2 aromatic rings. The van der Waals surface area contributed by atoms with Gasteiger partial charge in [-0.3, -0.25) is 9.59 Å². The molecule has 0 radical (unpaired) electrons. The molecule has 158 valence electrons. The van der Waals surface area contributed by atoms with Crippen LogP contribution in [0.4, 0.5) is 5.69 Å². The van der Waals surface area contributed by atoms with Gasteiger partial charge in [0.25, 0.3) is 5.91 Å². The van der Waals surface area contributed by atoms with Crippen molar-refractivity contribution in [1.82, 2.24) is 9.21 Å². The smallest absolute Gasteiger partial charge is 0.254 e. The van der Waals surface area contributed by atoms with Crippen LogP contribution in [0.1, 0.15) is 17.3 Å². The van der Waals surface area contributed by atoms with Crippen LogP contribution in [0, 0.1) is 0 Å². The van der Waals surface area contributed by atoms with E-state index in [9.17, 15) is 18.0 Å². The molecular formula is C20H20ClN3O4S2. The first-order valence-electron chi connectivity index (χ1n) is 9.43. The van der Waals surface area contributed by atoms with E-state index >= 15 is 0 Å². The molecule has 1 N–H and O–H groups in total. The Bertz CT molecular complexity index is 1110. The molecule has 0 aliphatic carbocycles. The topological polar surface area (TPSA) is 86.8 Å². The van der Waals surface area contributed by atoms with Crippen LogP contribution in [0.3, 0.4) is 0 Å². The highest BCUT2D eigenvalue weighted by atomic mass is 35.5. The summed E-state index contributed by atoms with van der Waals surface area (Å²) in [5, 5.41) is 2.83. The number of sulfonamides is 1. The summed E-state index contributed by atoms with van der Waals surface area (Å²) in [6, 6.07) is 11.6. The molecule has 0 unspecified atom stereocenters. The molecular weight excluding hydrogens is 446 g/mol. The number of hydrogen-bond donors (Lipinski definition) is 1. The summed E-state index contributed by atoms with van der Waals surface area (Å²) in [4.78, 5) is 27.5. The average molecular weight is 466 g/mol. The second kappa shape index (κ2) is 8.22. The summed E-state index contributed by atoms with van der Waals surface area (Å²) in [6.07, 6.45) is 0. The van der Waals surface area contributed by atoms with Gasteiger partial charge >= 0.3 is 0 Å². The highest BCUT2D eigenvalue weighted by Crippen LogP contribution is 2.36. The molecule has 1 saturated heterocycles. The zero-order valence-electron chi connectivity index (χ0n) is 16.2. The Hall–Kier alpha value is -2.07. The van der Waals surface area contributed by atoms with Crippen molar-refractivity contribution in [1.29, 1.82) is 0 Å². The van der Waals surface area contributed by atoms with Gasteiger partial charge in [-0.1, -0.05) is 23.7 Å². The van der Waals surface area contributed by atoms with Gasteiger partial charge in [0.1, 0.15) is 4.90 Å². The average Bonchev–Trinajstić information content (AvgIpc) is 2.74.